The van der Waals surface area contributed by atoms with Crippen LogP contribution in [-0.4, -0.2) is 48.1 Å². The summed E-state index contributed by atoms with van der Waals surface area (Å²) in [5.41, 5.74) is -0.0357. The fourth-order valence-electron chi connectivity index (χ4n) is 2.27. The molecule has 2 N–H and O–H groups in total. The van der Waals surface area contributed by atoms with Crippen LogP contribution in [0.5, 0.6) is 0 Å². The smallest absolute Gasteiger partial charge is 0.336 e. The molecule has 8 heteroatoms. The molecule has 110 valence electrons. The molecule has 0 amide bonds. The van der Waals surface area contributed by atoms with E-state index < -0.39 is 22.0 Å². The first-order valence-corrected chi connectivity index (χ1v) is 8.55. The van der Waals surface area contributed by atoms with Crippen molar-refractivity contribution in [1.29, 1.82) is 0 Å². The molecule has 1 saturated heterocycles. The maximum absolute atomic E-state index is 12.5. The summed E-state index contributed by atoms with van der Waals surface area (Å²) in [6.07, 6.45) is 1.31. The van der Waals surface area contributed by atoms with Crippen LogP contribution in [0.3, 0.4) is 0 Å². The van der Waals surface area contributed by atoms with Gasteiger partial charge in [0.15, 0.2) is 0 Å². The van der Waals surface area contributed by atoms with E-state index in [1.165, 1.54) is 22.5 Å². The second-order valence-electron chi connectivity index (χ2n) is 4.54. The Morgan fingerprint density at radius 1 is 1.45 bits per heavy atom. The molecule has 0 saturated carbocycles. The number of hydrogen-bond acceptors (Lipinski definition) is 4. The lowest BCUT2D eigenvalue weighted by molar-refractivity contribution is 0.0695. The van der Waals surface area contributed by atoms with Gasteiger partial charge >= 0.3 is 5.97 Å². The number of sulfonamides is 1. The third-order valence-electron chi connectivity index (χ3n) is 3.31. The zero-order valence-electron chi connectivity index (χ0n) is 10.5. The fraction of sp³-hybridized carbons (Fsp3) is 0.417. The first-order valence-electron chi connectivity index (χ1n) is 6.03. The normalized spacial score (nSPS) is 20.2. The molecule has 1 aromatic carbocycles. The number of nitrogens with zero attached hydrogens (tertiary/aromatic N) is 1. The Kier molecular flexibility index (Phi) is 4.67. The summed E-state index contributed by atoms with van der Waals surface area (Å²) in [5, 5.41) is 18.3. The Balaban J connectivity index is 2.44. The SMILES string of the molecule is O=C(O)c1cc(S(=O)(=O)N2CCC[C@@H]2CO)ccc1I. The van der Waals surface area contributed by atoms with Crippen LogP contribution >= 0.6 is 22.6 Å². The van der Waals surface area contributed by atoms with Crippen molar-refractivity contribution in [3.8, 4) is 0 Å². The molecule has 1 heterocycles. The van der Waals surface area contributed by atoms with Gasteiger partial charge in [-0.05, 0) is 53.6 Å². The van der Waals surface area contributed by atoms with Crippen LogP contribution in [0.1, 0.15) is 23.2 Å². The van der Waals surface area contributed by atoms with E-state index in [2.05, 4.69) is 0 Å². The van der Waals surface area contributed by atoms with Crippen LogP contribution in [0.4, 0.5) is 0 Å². The molecule has 20 heavy (non-hydrogen) atoms. The second kappa shape index (κ2) is 5.96. The van der Waals surface area contributed by atoms with E-state index in [0.717, 1.165) is 0 Å². The van der Waals surface area contributed by atoms with E-state index in [-0.39, 0.29) is 17.1 Å². The predicted octanol–water partition coefficient (Wildman–Crippen LogP) is 1.13. The van der Waals surface area contributed by atoms with Crippen molar-refractivity contribution < 1.29 is 23.4 Å². The molecule has 1 aliphatic heterocycles. The monoisotopic (exact) mass is 411 g/mol. The summed E-state index contributed by atoms with van der Waals surface area (Å²) in [6, 6.07) is 3.62. The largest absolute Gasteiger partial charge is 0.478 e. The van der Waals surface area contributed by atoms with Gasteiger partial charge in [-0.3, -0.25) is 0 Å². The molecule has 1 aliphatic rings. The summed E-state index contributed by atoms with van der Waals surface area (Å²) in [4.78, 5) is 11.0. The van der Waals surface area contributed by atoms with Crippen molar-refractivity contribution in [2.24, 2.45) is 0 Å². The van der Waals surface area contributed by atoms with Crippen molar-refractivity contribution >= 4 is 38.6 Å². The number of hydrogen-bond donors (Lipinski definition) is 2. The number of aromatic carboxylic acids is 1. The predicted molar refractivity (Wildman–Crippen MR) is 80.1 cm³/mol. The number of benzene rings is 1. The van der Waals surface area contributed by atoms with E-state index in [9.17, 15) is 18.3 Å². The van der Waals surface area contributed by atoms with E-state index in [1.807, 2.05) is 22.6 Å². The highest BCUT2D eigenvalue weighted by molar-refractivity contribution is 14.1. The Hall–Kier alpha value is -0.710. The highest BCUT2D eigenvalue weighted by atomic mass is 127. The van der Waals surface area contributed by atoms with Crippen LogP contribution in [0.2, 0.25) is 0 Å². The van der Waals surface area contributed by atoms with Gasteiger partial charge in [0.25, 0.3) is 0 Å². The van der Waals surface area contributed by atoms with Crippen LogP contribution < -0.4 is 0 Å². The van der Waals surface area contributed by atoms with Crippen LogP contribution in [0, 0.1) is 3.57 Å². The van der Waals surface area contributed by atoms with Gasteiger partial charge in [-0.25, -0.2) is 13.2 Å². The molecule has 0 aliphatic carbocycles. The van der Waals surface area contributed by atoms with Gasteiger partial charge in [0, 0.05) is 16.2 Å². The molecule has 0 bridgehead atoms. The van der Waals surface area contributed by atoms with Gasteiger partial charge in [-0.15, -0.1) is 0 Å². The summed E-state index contributed by atoms with van der Waals surface area (Å²) >= 11 is 1.85. The Bertz CT molecular complexity index is 631. The van der Waals surface area contributed by atoms with Gasteiger partial charge in [-0.1, -0.05) is 0 Å². The molecule has 1 aromatic rings. The Labute approximate surface area is 130 Å². The number of aliphatic hydroxyl groups is 1. The van der Waals surface area contributed by atoms with Gasteiger partial charge in [0.1, 0.15) is 0 Å². The molecular formula is C12H14INO5S. The quantitative estimate of drug-likeness (QED) is 0.725. The average Bonchev–Trinajstić information content (AvgIpc) is 2.87. The van der Waals surface area contributed by atoms with Gasteiger partial charge in [0.05, 0.1) is 17.1 Å². The molecule has 6 nitrogen and oxygen atoms in total. The Morgan fingerprint density at radius 2 is 2.15 bits per heavy atom. The number of aliphatic hydroxyl groups excluding tert-OH is 1. The van der Waals surface area contributed by atoms with E-state index in [1.54, 1.807) is 0 Å². The topological polar surface area (TPSA) is 94.9 Å². The van der Waals surface area contributed by atoms with Crippen molar-refractivity contribution in [3.63, 3.8) is 0 Å². The third kappa shape index (κ3) is 2.83. The van der Waals surface area contributed by atoms with E-state index >= 15 is 0 Å². The van der Waals surface area contributed by atoms with Crippen molar-refractivity contribution in [2.75, 3.05) is 13.2 Å². The summed E-state index contributed by atoms with van der Waals surface area (Å²) in [7, 11) is -3.77. The summed E-state index contributed by atoms with van der Waals surface area (Å²) < 4.78 is 26.8. The maximum Gasteiger partial charge on any atom is 0.336 e. The molecule has 0 spiro atoms. The lowest BCUT2D eigenvalue weighted by Gasteiger charge is -2.22. The van der Waals surface area contributed by atoms with Gasteiger partial charge in [-0.2, -0.15) is 4.31 Å². The zero-order chi connectivity index (χ0) is 14.9. The number of carbonyl (C=O) groups is 1. The summed E-state index contributed by atoms with van der Waals surface area (Å²) in [6.45, 7) is 0.122. The molecule has 2 rings (SSSR count). The lowest BCUT2D eigenvalue weighted by Crippen LogP contribution is -2.37. The number of rotatable bonds is 4. The number of carboxylic acids is 1. The third-order valence-corrected chi connectivity index (χ3v) is 6.20. The van der Waals surface area contributed by atoms with Crippen molar-refractivity contribution in [3.05, 3.63) is 27.3 Å². The molecular weight excluding hydrogens is 397 g/mol. The highest BCUT2D eigenvalue weighted by Crippen LogP contribution is 2.27. The van der Waals surface area contributed by atoms with E-state index in [0.29, 0.717) is 23.0 Å². The van der Waals surface area contributed by atoms with Crippen LogP contribution in [0.25, 0.3) is 0 Å². The standard InChI is InChI=1S/C12H14INO5S/c13-11-4-3-9(6-10(11)12(16)17)20(18,19)14-5-1-2-8(14)7-15/h3-4,6,8,15H,1-2,5,7H2,(H,16,17)/t8-/m1/s1. The molecule has 1 fully saturated rings. The first kappa shape index (κ1) is 15.7. The summed E-state index contributed by atoms with van der Waals surface area (Å²) in [5.74, 6) is -1.16. The minimum Gasteiger partial charge on any atom is -0.478 e. The average molecular weight is 411 g/mol. The Morgan fingerprint density at radius 3 is 2.75 bits per heavy atom. The second-order valence-corrected chi connectivity index (χ2v) is 7.59. The van der Waals surface area contributed by atoms with Crippen LogP contribution in [0.15, 0.2) is 23.1 Å². The molecule has 1 atom stereocenters. The van der Waals surface area contributed by atoms with Gasteiger partial charge < -0.3 is 10.2 Å². The number of halogens is 1. The molecule has 0 aromatic heterocycles. The van der Waals surface area contributed by atoms with Crippen molar-refractivity contribution in [1.82, 2.24) is 4.31 Å². The minimum atomic E-state index is -3.77. The van der Waals surface area contributed by atoms with Crippen molar-refractivity contribution in [2.45, 2.75) is 23.8 Å². The molecule has 0 radical (unpaired) electrons. The van der Waals surface area contributed by atoms with Gasteiger partial charge in [0.2, 0.25) is 10.0 Å². The fourth-order valence-corrected chi connectivity index (χ4v) is 4.55. The lowest BCUT2D eigenvalue weighted by atomic mass is 10.2. The van der Waals surface area contributed by atoms with E-state index in [4.69, 9.17) is 5.11 Å². The zero-order valence-corrected chi connectivity index (χ0v) is 13.5. The number of carboxylic acid groups (broad SMARTS) is 1. The molecule has 0 unspecified atom stereocenters. The minimum absolute atomic E-state index is 0.0357. The van der Waals surface area contributed by atoms with Crippen LogP contribution in [-0.2, 0) is 10.0 Å². The highest BCUT2D eigenvalue weighted by Gasteiger charge is 2.35. The first-order chi connectivity index (χ1) is 9.37. The maximum atomic E-state index is 12.5.